The molecule has 200 valence electrons. The third-order valence-corrected chi connectivity index (χ3v) is 7.68. The summed E-state index contributed by atoms with van der Waals surface area (Å²) >= 11 is 1.97. The Labute approximate surface area is 229 Å². The van der Waals surface area contributed by atoms with Crippen molar-refractivity contribution >= 4 is 60.6 Å². The maximum absolute atomic E-state index is 12.7. The molecule has 5 rings (SSSR count). The Morgan fingerprint density at radius 3 is 1.92 bits per heavy atom. The van der Waals surface area contributed by atoms with Crippen molar-refractivity contribution in [1.82, 2.24) is 10.2 Å². The molecule has 1 aliphatic rings. The fourth-order valence-electron chi connectivity index (χ4n) is 3.79. The van der Waals surface area contributed by atoms with E-state index in [4.69, 9.17) is 0 Å². The van der Waals surface area contributed by atoms with Gasteiger partial charge in [0.25, 0.3) is 5.13 Å². The molecule has 0 aliphatic carbocycles. The molecule has 0 bridgehead atoms. The Kier molecular flexibility index (Phi) is 7.84. The predicted molar refractivity (Wildman–Crippen MR) is 146 cm³/mol. The molecular weight excluding hydrogens is 547 g/mol. The van der Waals surface area contributed by atoms with E-state index in [0.29, 0.717) is 28.4 Å². The van der Waals surface area contributed by atoms with E-state index in [2.05, 4.69) is 51.8 Å². The summed E-state index contributed by atoms with van der Waals surface area (Å²) in [5.74, 6) is 0. The van der Waals surface area contributed by atoms with Crippen LogP contribution in [0.2, 0.25) is 0 Å². The Morgan fingerprint density at radius 1 is 0.718 bits per heavy atom. The lowest BCUT2D eigenvalue weighted by atomic mass is 10.2. The van der Waals surface area contributed by atoms with E-state index in [1.54, 1.807) is 36.5 Å². The van der Waals surface area contributed by atoms with Crippen molar-refractivity contribution in [3.8, 4) is 0 Å². The van der Waals surface area contributed by atoms with Crippen molar-refractivity contribution in [2.75, 3.05) is 18.0 Å². The van der Waals surface area contributed by atoms with E-state index in [0.717, 1.165) is 34.9 Å². The zero-order chi connectivity index (χ0) is 27.4. The number of azo groups is 3. The summed E-state index contributed by atoms with van der Waals surface area (Å²) < 4.78 is 38.0. The van der Waals surface area contributed by atoms with Gasteiger partial charge >= 0.3 is 6.18 Å². The Balaban J connectivity index is 1.22. The van der Waals surface area contributed by atoms with Crippen LogP contribution in [0.25, 0.3) is 0 Å². The van der Waals surface area contributed by atoms with E-state index >= 15 is 0 Å². The van der Waals surface area contributed by atoms with Gasteiger partial charge in [0.2, 0.25) is 5.01 Å². The van der Waals surface area contributed by atoms with Gasteiger partial charge in [0, 0.05) is 13.1 Å². The number of alkyl halides is 3. The van der Waals surface area contributed by atoms with Crippen LogP contribution in [-0.2, 0) is 6.18 Å². The number of nitrogens with zero attached hydrogens (tertiary/aromatic N) is 9. The highest BCUT2D eigenvalue weighted by atomic mass is 32.1. The molecule has 0 unspecified atom stereocenters. The molecule has 4 aromatic rings. The van der Waals surface area contributed by atoms with Crippen LogP contribution >= 0.6 is 22.7 Å². The quantitative estimate of drug-likeness (QED) is 0.207. The molecule has 0 saturated carbocycles. The smallest absolute Gasteiger partial charge is 0.363 e. The van der Waals surface area contributed by atoms with Gasteiger partial charge in [-0.2, -0.15) is 23.4 Å². The third kappa shape index (κ3) is 6.75. The monoisotopic (exact) mass is 569 g/mol. The highest BCUT2D eigenvalue weighted by Crippen LogP contribution is 2.36. The highest BCUT2D eigenvalue weighted by molar-refractivity contribution is 7.19. The van der Waals surface area contributed by atoms with E-state index in [1.165, 1.54) is 17.8 Å². The summed E-state index contributed by atoms with van der Waals surface area (Å²) in [6.45, 7) is 5.92. The molecule has 0 N–H and O–H groups in total. The van der Waals surface area contributed by atoms with Crippen LogP contribution in [0.1, 0.15) is 29.0 Å². The van der Waals surface area contributed by atoms with Crippen LogP contribution in [0.3, 0.4) is 0 Å². The Morgan fingerprint density at radius 2 is 1.33 bits per heavy atom. The number of hydrogen-bond donors (Lipinski definition) is 0. The molecule has 0 spiro atoms. The first-order chi connectivity index (χ1) is 18.7. The van der Waals surface area contributed by atoms with Crippen molar-refractivity contribution in [2.24, 2.45) is 30.7 Å². The second-order valence-corrected chi connectivity index (χ2v) is 10.7. The van der Waals surface area contributed by atoms with Crippen molar-refractivity contribution in [2.45, 2.75) is 32.9 Å². The zero-order valence-corrected chi connectivity index (χ0v) is 22.6. The van der Waals surface area contributed by atoms with Crippen LogP contribution in [-0.4, -0.2) is 23.3 Å². The van der Waals surface area contributed by atoms with Crippen molar-refractivity contribution in [1.29, 1.82) is 0 Å². The maximum atomic E-state index is 12.7. The molecule has 39 heavy (non-hydrogen) atoms. The third-order valence-electron chi connectivity index (χ3n) is 5.79. The molecule has 9 nitrogen and oxygen atoms in total. The summed E-state index contributed by atoms with van der Waals surface area (Å²) in [7, 11) is 0. The van der Waals surface area contributed by atoms with Gasteiger partial charge in [-0.05, 0) is 86.3 Å². The number of hydrogen-bond acceptors (Lipinski definition) is 11. The van der Waals surface area contributed by atoms with E-state index < -0.39 is 11.2 Å². The normalized spacial score (nSPS) is 14.5. The van der Waals surface area contributed by atoms with Crippen LogP contribution in [0.15, 0.2) is 79.2 Å². The van der Waals surface area contributed by atoms with Crippen LogP contribution in [0, 0.1) is 13.8 Å². The minimum atomic E-state index is -4.56. The standard InChI is InChI=1S/C25H22F3N9S2/c1-15-14-18(30-33-21-9-10-22(38-21)37-11-3-4-12-37)6-7-19(15)31-29-17-5-8-20(16(2)13-17)32-35-24-36-34-23(39-24)25(26,27)28/h5-10,13-14H,3-4,11-12H2,1-2H3/b31-29+,33-30+,35-32+. The first-order valence-electron chi connectivity index (χ1n) is 12.0. The molecule has 0 amide bonds. The van der Waals surface area contributed by atoms with E-state index in [-0.39, 0.29) is 5.13 Å². The maximum Gasteiger partial charge on any atom is 0.445 e. The van der Waals surface area contributed by atoms with Gasteiger partial charge in [0.1, 0.15) is 5.00 Å². The number of aryl methyl sites for hydroxylation is 2. The summed E-state index contributed by atoms with van der Waals surface area (Å²) in [5, 5.41) is 32.5. The zero-order valence-electron chi connectivity index (χ0n) is 20.9. The predicted octanol–water partition coefficient (Wildman–Crippen LogP) is 10.1. The molecule has 1 aliphatic heterocycles. The van der Waals surface area contributed by atoms with Crippen LogP contribution in [0.4, 0.5) is 51.1 Å². The lowest BCUT2D eigenvalue weighted by Gasteiger charge is -2.13. The van der Waals surface area contributed by atoms with Crippen molar-refractivity contribution in [3.63, 3.8) is 0 Å². The van der Waals surface area contributed by atoms with Crippen LogP contribution < -0.4 is 4.90 Å². The fourth-order valence-corrected chi connectivity index (χ4v) is 5.21. The lowest BCUT2D eigenvalue weighted by molar-refractivity contribution is -0.138. The minimum Gasteiger partial charge on any atom is -0.363 e. The van der Waals surface area contributed by atoms with Gasteiger partial charge < -0.3 is 4.90 Å². The van der Waals surface area contributed by atoms with Crippen molar-refractivity contribution < 1.29 is 13.2 Å². The second kappa shape index (κ2) is 11.5. The number of rotatable bonds is 7. The Bertz CT molecular complexity index is 1550. The first kappa shape index (κ1) is 26.7. The molecule has 2 aromatic heterocycles. The van der Waals surface area contributed by atoms with Crippen LogP contribution in [0.5, 0.6) is 0 Å². The minimum absolute atomic E-state index is 0.175. The van der Waals surface area contributed by atoms with Crippen molar-refractivity contribution in [3.05, 3.63) is 64.7 Å². The molecule has 3 heterocycles. The largest absolute Gasteiger partial charge is 0.445 e. The molecule has 2 aromatic carbocycles. The van der Waals surface area contributed by atoms with Gasteiger partial charge in [-0.1, -0.05) is 22.7 Å². The highest BCUT2D eigenvalue weighted by Gasteiger charge is 2.35. The number of benzene rings is 2. The average molecular weight is 570 g/mol. The van der Waals surface area contributed by atoms with Gasteiger partial charge in [-0.25, -0.2) is 0 Å². The van der Waals surface area contributed by atoms with Gasteiger partial charge in [0.15, 0.2) is 0 Å². The topological polar surface area (TPSA) is 103 Å². The Hall–Kier alpha value is -3.91. The lowest BCUT2D eigenvalue weighted by Crippen LogP contribution is -2.15. The van der Waals surface area contributed by atoms with E-state index in [1.807, 2.05) is 31.2 Å². The molecule has 14 heteroatoms. The fraction of sp³-hybridized carbons (Fsp3) is 0.280. The van der Waals surface area contributed by atoms with Gasteiger partial charge in [-0.3, -0.25) is 0 Å². The SMILES string of the molecule is Cc1cc(/N=N/c2ccc(N3CCCC3)s2)ccc1/N=N/c1ccc(/N=N/c2nnc(C(F)(F)F)s2)c(C)c1. The molecule has 1 fully saturated rings. The first-order valence-corrected chi connectivity index (χ1v) is 13.6. The van der Waals surface area contributed by atoms with E-state index in [9.17, 15) is 13.2 Å². The summed E-state index contributed by atoms with van der Waals surface area (Å²) in [5.41, 5.74) is 4.12. The van der Waals surface area contributed by atoms with Gasteiger partial charge in [0.05, 0.1) is 27.8 Å². The second-order valence-electron chi connectivity index (χ2n) is 8.74. The molecule has 1 saturated heterocycles. The number of anilines is 1. The summed E-state index contributed by atoms with van der Waals surface area (Å²) in [4.78, 5) is 2.38. The molecule has 0 atom stereocenters. The number of aromatic nitrogens is 2. The molecule has 0 radical (unpaired) electrons. The number of halogens is 3. The summed E-state index contributed by atoms with van der Waals surface area (Å²) in [6.07, 6.45) is -2.09. The average Bonchev–Trinajstić information content (AvgIpc) is 3.68. The number of thiophene rings is 1. The van der Waals surface area contributed by atoms with Gasteiger partial charge in [-0.15, -0.1) is 30.7 Å². The molecular formula is C25H22F3N9S2. The summed E-state index contributed by atoms with van der Waals surface area (Å²) in [6, 6.07) is 14.8.